The molecule has 1 aliphatic heterocycles. The lowest BCUT2D eigenvalue weighted by Crippen LogP contribution is -2.38. The van der Waals surface area contributed by atoms with Crippen molar-refractivity contribution < 1.29 is 33.0 Å². The molecule has 2 aromatic rings. The van der Waals surface area contributed by atoms with Crippen molar-refractivity contribution in [2.75, 3.05) is 25.6 Å². The van der Waals surface area contributed by atoms with Gasteiger partial charge < -0.3 is 20.1 Å². The molecule has 1 aliphatic rings. The van der Waals surface area contributed by atoms with Gasteiger partial charge in [-0.05, 0) is 67.8 Å². The number of anilines is 1. The van der Waals surface area contributed by atoms with Crippen LogP contribution in [0.15, 0.2) is 51.0 Å². The minimum Gasteiger partial charge on any atom is -0.480 e. The van der Waals surface area contributed by atoms with E-state index in [1.807, 2.05) is 0 Å². The summed E-state index contributed by atoms with van der Waals surface area (Å²) in [4.78, 5) is 49.1. The fourth-order valence-corrected chi connectivity index (χ4v) is 4.22. The molecule has 2 aromatic carbocycles. The zero-order valence-electron chi connectivity index (χ0n) is 17.0. The Labute approximate surface area is 204 Å². The second kappa shape index (κ2) is 10.6. The molecule has 172 valence electrons. The van der Waals surface area contributed by atoms with Crippen molar-refractivity contribution in [3.8, 4) is 5.75 Å². The SMILES string of the molecule is COC(=O)COc1c(Br)cc(/C=C2/NC(=O)N(CC(=O)Nc3ccccc3F)C2=O)cc1Br. The Hall–Kier alpha value is -3.25. The molecule has 0 spiro atoms. The van der Waals surface area contributed by atoms with Crippen molar-refractivity contribution in [3.05, 3.63) is 62.4 Å². The summed E-state index contributed by atoms with van der Waals surface area (Å²) in [5, 5.41) is 4.73. The molecule has 0 bridgehead atoms. The van der Waals surface area contributed by atoms with Gasteiger partial charge in [-0.2, -0.15) is 0 Å². The van der Waals surface area contributed by atoms with Crippen LogP contribution in [0.3, 0.4) is 0 Å². The summed E-state index contributed by atoms with van der Waals surface area (Å²) in [6, 6.07) is 7.97. The van der Waals surface area contributed by atoms with Crippen LogP contribution in [-0.2, 0) is 19.1 Å². The lowest BCUT2D eigenvalue weighted by atomic mass is 10.2. The molecule has 0 aromatic heterocycles. The Morgan fingerprint density at radius 3 is 2.48 bits per heavy atom. The van der Waals surface area contributed by atoms with E-state index in [1.54, 1.807) is 12.1 Å². The predicted octanol–water partition coefficient (Wildman–Crippen LogP) is 3.43. The van der Waals surface area contributed by atoms with Crippen LogP contribution in [0.4, 0.5) is 14.9 Å². The Morgan fingerprint density at radius 1 is 1.18 bits per heavy atom. The molecule has 12 heteroatoms. The molecular formula is C21H16Br2FN3O6. The van der Waals surface area contributed by atoms with Crippen LogP contribution in [-0.4, -0.2) is 49.0 Å². The number of amides is 4. The molecule has 9 nitrogen and oxygen atoms in total. The first-order valence-corrected chi connectivity index (χ1v) is 10.9. The molecule has 1 fully saturated rings. The maximum absolute atomic E-state index is 13.7. The summed E-state index contributed by atoms with van der Waals surface area (Å²) in [5.74, 6) is -2.31. The van der Waals surface area contributed by atoms with Crippen LogP contribution >= 0.6 is 31.9 Å². The summed E-state index contributed by atoms with van der Waals surface area (Å²) >= 11 is 6.65. The van der Waals surface area contributed by atoms with Gasteiger partial charge in [0.25, 0.3) is 5.91 Å². The minimum absolute atomic E-state index is 0.0549. The van der Waals surface area contributed by atoms with E-state index in [-0.39, 0.29) is 18.0 Å². The maximum Gasteiger partial charge on any atom is 0.343 e. The molecule has 0 saturated carbocycles. The number of hydrogen-bond acceptors (Lipinski definition) is 6. The third-order valence-electron chi connectivity index (χ3n) is 4.31. The first-order chi connectivity index (χ1) is 15.7. The third-order valence-corrected chi connectivity index (χ3v) is 5.48. The normalized spacial score (nSPS) is 14.3. The van der Waals surface area contributed by atoms with E-state index in [2.05, 4.69) is 47.2 Å². The third kappa shape index (κ3) is 5.96. The summed E-state index contributed by atoms with van der Waals surface area (Å²) in [6.45, 7) is -0.892. The average molecular weight is 585 g/mol. The molecule has 33 heavy (non-hydrogen) atoms. The molecule has 3 rings (SSSR count). The highest BCUT2D eigenvalue weighted by Gasteiger charge is 2.35. The molecule has 1 saturated heterocycles. The molecule has 0 atom stereocenters. The van der Waals surface area contributed by atoms with Gasteiger partial charge in [0, 0.05) is 0 Å². The minimum atomic E-state index is -0.786. The summed E-state index contributed by atoms with van der Waals surface area (Å²) in [6.07, 6.45) is 1.41. The monoisotopic (exact) mass is 583 g/mol. The van der Waals surface area contributed by atoms with Crippen molar-refractivity contribution >= 4 is 67.4 Å². The predicted molar refractivity (Wildman–Crippen MR) is 123 cm³/mol. The maximum atomic E-state index is 13.7. The highest BCUT2D eigenvalue weighted by atomic mass is 79.9. The van der Waals surface area contributed by atoms with Crippen molar-refractivity contribution in [1.82, 2.24) is 10.2 Å². The zero-order valence-corrected chi connectivity index (χ0v) is 20.2. The van der Waals surface area contributed by atoms with Crippen LogP contribution in [0.5, 0.6) is 5.75 Å². The van der Waals surface area contributed by atoms with Crippen LogP contribution in [0.2, 0.25) is 0 Å². The van der Waals surface area contributed by atoms with Crippen molar-refractivity contribution in [1.29, 1.82) is 0 Å². The van der Waals surface area contributed by atoms with E-state index in [4.69, 9.17) is 4.74 Å². The van der Waals surface area contributed by atoms with Crippen molar-refractivity contribution in [2.24, 2.45) is 0 Å². The van der Waals surface area contributed by atoms with Crippen LogP contribution in [0.1, 0.15) is 5.56 Å². The Balaban J connectivity index is 1.72. The highest BCUT2D eigenvalue weighted by Crippen LogP contribution is 2.35. The number of nitrogens with one attached hydrogen (secondary N) is 2. The average Bonchev–Trinajstić information content (AvgIpc) is 3.01. The van der Waals surface area contributed by atoms with Gasteiger partial charge in [0.1, 0.15) is 23.8 Å². The van der Waals surface area contributed by atoms with E-state index < -0.39 is 36.2 Å². The van der Waals surface area contributed by atoms with Crippen molar-refractivity contribution in [3.63, 3.8) is 0 Å². The van der Waals surface area contributed by atoms with Gasteiger partial charge in [-0.3, -0.25) is 9.59 Å². The number of carbonyl (C=O) groups is 4. The quantitative estimate of drug-likeness (QED) is 0.293. The van der Waals surface area contributed by atoms with Crippen molar-refractivity contribution in [2.45, 2.75) is 0 Å². The first kappa shape index (κ1) is 24.4. The van der Waals surface area contributed by atoms with Gasteiger partial charge in [-0.1, -0.05) is 12.1 Å². The second-order valence-corrected chi connectivity index (χ2v) is 8.29. The molecular weight excluding hydrogens is 569 g/mol. The lowest BCUT2D eigenvalue weighted by Gasteiger charge is -2.12. The number of urea groups is 1. The van der Waals surface area contributed by atoms with Gasteiger partial charge in [0.05, 0.1) is 21.7 Å². The number of imide groups is 1. The topological polar surface area (TPSA) is 114 Å². The Morgan fingerprint density at radius 2 is 1.85 bits per heavy atom. The highest BCUT2D eigenvalue weighted by molar-refractivity contribution is 9.11. The van der Waals surface area contributed by atoms with E-state index in [1.165, 1.54) is 37.5 Å². The molecule has 0 aliphatic carbocycles. The number of ether oxygens (including phenoxy) is 2. The molecule has 4 amide bonds. The molecule has 2 N–H and O–H groups in total. The number of methoxy groups -OCH3 is 1. The van der Waals surface area contributed by atoms with Gasteiger partial charge >= 0.3 is 12.0 Å². The smallest absolute Gasteiger partial charge is 0.343 e. The summed E-state index contributed by atoms with van der Waals surface area (Å²) in [5.41, 5.74) is 0.399. The number of rotatable bonds is 7. The lowest BCUT2D eigenvalue weighted by molar-refractivity contribution is -0.143. The van der Waals surface area contributed by atoms with Crippen LogP contribution < -0.4 is 15.4 Å². The first-order valence-electron chi connectivity index (χ1n) is 9.27. The zero-order chi connectivity index (χ0) is 24.1. The van der Waals surface area contributed by atoms with Gasteiger partial charge in [0.2, 0.25) is 5.91 Å². The largest absolute Gasteiger partial charge is 0.480 e. The van der Waals surface area contributed by atoms with Crippen LogP contribution in [0.25, 0.3) is 6.08 Å². The van der Waals surface area contributed by atoms with Gasteiger partial charge in [0.15, 0.2) is 6.61 Å². The van der Waals surface area contributed by atoms with E-state index >= 15 is 0 Å². The van der Waals surface area contributed by atoms with Crippen LogP contribution in [0, 0.1) is 5.82 Å². The fourth-order valence-electron chi connectivity index (χ4n) is 2.77. The number of para-hydroxylation sites is 1. The number of nitrogens with zero attached hydrogens (tertiary/aromatic N) is 1. The number of halogens is 3. The van der Waals surface area contributed by atoms with E-state index in [0.29, 0.717) is 25.2 Å². The Kier molecular flexibility index (Phi) is 7.82. The van der Waals surface area contributed by atoms with E-state index in [0.717, 1.165) is 0 Å². The summed E-state index contributed by atoms with van der Waals surface area (Å²) in [7, 11) is 1.24. The number of hydrogen-bond donors (Lipinski definition) is 2. The second-order valence-electron chi connectivity index (χ2n) is 6.59. The molecule has 1 heterocycles. The fraction of sp³-hybridized carbons (Fsp3) is 0.143. The Bertz CT molecular complexity index is 1150. The number of benzene rings is 2. The van der Waals surface area contributed by atoms with Gasteiger partial charge in [-0.25, -0.2) is 18.9 Å². The summed E-state index contributed by atoms with van der Waals surface area (Å²) < 4.78 is 24.6. The molecule has 0 radical (unpaired) electrons. The molecule has 0 unspecified atom stereocenters. The number of esters is 1. The standard InChI is InChI=1S/C21H16Br2FN3O6/c1-32-18(29)10-33-19-12(22)6-11(7-13(19)23)8-16-20(30)27(21(31)26-16)9-17(28)25-15-5-3-2-4-14(15)24/h2-8H,9-10H2,1H3,(H,25,28)(H,26,31)/b16-8+. The number of carbonyl (C=O) groups excluding carboxylic acids is 4. The van der Waals surface area contributed by atoms with Gasteiger partial charge in [-0.15, -0.1) is 0 Å². The van der Waals surface area contributed by atoms with E-state index in [9.17, 15) is 23.6 Å².